The van der Waals surface area contributed by atoms with Crippen LogP contribution in [0.1, 0.15) is 20.7 Å². The molecule has 0 unspecified atom stereocenters. The number of carbonyl (C=O) groups is 2. The topological polar surface area (TPSA) is 68.1 Å². The first-order valence-electron chi connectivity index (χ1n) is 8.23. The van der Waals surface area contributed by atoms with Crippen molar-refractivity contribution < 1.29 is 14.0 Å². The zero-order chi connectivity index (χ0) is 18.5. The monoisotopic (exact) mass is 358 g/mol. The van der Waals surface area contributed by atoms with Crippen LogP contribution in [-0.4, -0.2) is 26.8 Å². The van der Waals surface area contributed by atoms with Gasteiger partial charge in [0, 0.05) is 0 Å². The molecule has 4 aromatic rings. The van der Waals surface area contributed by atoms with Gasteiger partial charge in [0.25, 0.3) is 11.8 Å². The molecule has 0 bridgehead atoms. The molecule has 0 N–H and O–H groups in total. The van der Waals surface area contributed by atoms with Crippen LogP contribution in [0.4, 0.5) is 10.1 Å². The van der Waals surface area contributed by atoms with Crippen molar-refractivity contribution >= 4 is 28.5 Å². The fourth-order valence-electron chi connectivity index (χ4n) is 3.16. The summed E-state index contributed by atoms with van der Waals surface area (Å²) in [5.41, 5.74) is 2.93. The molecule has 0 aliphatic carbocycles. The highest BCUT2D eigenvalue weighted by Crippen LogP contribution is 2.29. The first-order chi connectivity index (χ1) is 13.1. The van der Waals surface area contributed by atoms with Gasteiger partial charge in [0.05, 0.1) is 22.5 Å². The Morgan fingerprint density at radius 1 is 0.704 bits per heavy atom. The fourth-order valence-corrected chi connectivity index (χ4v) is 3.16. The molecule has 1 aliphatic heterocycles. The van der Waals surface area contributed by atoms with Crippen molar-refractivity contribution in [3.05, 3.63) is 83.7 Å². The van der Waals surface area contributed by atoms with Crippen LogP contribution < -0.4 is 4.90 Å². The van der Waals surface area contributed by atoms with Crippen LogP contribution in [0.25, 0.3) is 16.7 Å². The third-order valence-corrected chi connectivity index (χ3v) is 4.47. The van der Waals surface area contributed by atoms with Crippen LogP contribution >= 0.6 is 0 Å². The lowest BCUT2D eigenvalue weighted by Gasteiger charge is -2.13. The van der Waals surface area contributed by atoms with Gasteiger partial charge in [-0.2, -0.15) is 4.80 Å². The standard InChI is InChI=1S/C20H11FN4O2/c21-12-5-7-13(8-6-12)25-22-17-10-9-14(11-18(17)23-25)24-19(26)15-3-1-2-4-16(15)20(24)27/h1-11H. The maximum Gasteiger partial charge on any atom is 0.266 e. The van der Waals surface area contributed by atoms with E-state index in [2.05, 4.69) is 10.2 Å². The third kappa shape index (κ3) is 2.32. The molecule has 2 heterocycles. The molecule has 0 spiro atoms. The Kier molecular flexibility index (Phi) is 3.17. The van der Waals surface area contributed by atoms with Crippen molar-refractivity contribution in [1.82, 2.24) is 15.0 Å². The number of anilines is 1. The Morgan fingerprint density at radius 2 is 1.30 bits per heavy atom. The molecule has 27 heavy (non-hydrogen) atoms. The highest BCUT2D eigenvalue weighted by molar-refractivity contribution is 6.34. The predicted molar refractivity (Wildman–Crippen MR) is 96.4 cm³/mol. The molecule has 6 nitrogen and oxygen atoms in total. The van der Waals surface area contributed by atoms with Gasteiger partial charge < -0.3 is 0 Å². The van der Waals surface area contributed by atoms with Gasteiger partial charge in [-0.05, 0) is 54.6 Å². The second kappa shape index (κ2) is 5.57. The zero-order valence-electron chi connectivity index (χ0n) is 13.8. The van der Waals surface area contributed by atoms with Crippen molar-refractivity contribution in [3.63, 3.8) is 0 Å². The SMILES string of the molecule is O=C1c2ccccc2C(=O)N1c1ccc2nn(-c3ccc(F)cc3)nc2c1. The van der Waals surface area contributed by atoms with E-state index in [0.717, 1.165) is 4.90 Å². The number of benzene rings is 3. The summed E-state index contributed by atoms with van der Waals surface area (Å²) in [7, 11) is 0. The van der Waals surface area contributed by atoms with E-state index in [9.17, 15) is 14.0 Å². The smallest absolute Gasteiger partial charge is 0.266 e. The maximum atomic E-state index is 13.1. The first kappa shape index (κ1) is 15.4. The summed E-state index contributed by atoms with van der Waals surface area (Å²) < 4.78 is 13.1. The van der Waals surface area contributed by atoms with Crippen molar-refractivity contribution in [2.24, 2.45) is 0 Å². The number of aromatic nitrogens is 3. The lowest BCUT2D eigenvalue weighted by molar-refractivity contribution is 0.0926. The van der Waals surface area contributed by atoms with Gasteiger partial charge >= 0.3 is 0 Å². The molecule has 0 radical (unpaired) electrons. The summed E-state index contributed by atoms with van der Waals surface area (Å²) in [4.78, 5) is 27.8. The van der Waals surface area contributed by atoms with E-state index in [4.69, 9.17) is 0 Å². The average molecular weight is 358 g/mol. The van der Waals surface area contributed by atoms with Crippen LogP contribution in [0.3, 0.4) is 0 Å². The second-order valence-electron chi connectivity index (χ2n) is 6.13. The lowest BCUT2D eigenvalue weighted by atomic mass is 10.1. The Bertz CT molecular complexity index is 1200. The number of fused-ring (bicyclic) bond motifs is 2. The van der Waals surface area contributed by atoms with Crippen LogP contribution in [0.2, 0.25) is 0 Å². The number of halogens is 1. The molecule has 1 aliphatic rings. The minimum Gasteiger partial charge on any atom is -0.268 e. The molecule has 3 aromatic carbocycles. The van der Waals surface area contributed by atoms with E-state index in [-0.39, 0.29) is 17.6 Å². The molecule has 0 saturated carbocycles. The fraction of sp³-hybridized carbons (Fsp3) is 0. The number of nitrogens with zero attached hydrogens (tertiary/aromatic N) is 4. The minimum atomic E-state index is -0.360. The summed E-state index contributed by atoms with van der Waals surface area (Å²) >= 11 is 0. The lowest BCUT2D eigenvalue weighted by Crippen LogP contribution is -2.29. The quantitative estimate of drug-likeness (QED) is 0.515. The maximum absolute atomic E-state index is 13.1. The van der Waals surface area contributed by atoms with E-state index < -0.39 is 0 Å². The largest absolute Gasteiger partial charge is 0.268 e. The number of imide groups is 1. The molecule has 0 atom stereocenters. The molecule has 0 saturated heterocycles. The molecule has 2 amide bonds. The Hall–Kier alpha value is -3.87. The van der Waals surface area contributed by atoms with Gasteiger partial charge in [-0.3, -0.25) is 9.59 Å². The summed E-state index contributed by atoms with van der Waals surface area (Å²) in [5, 5.41) is 8.73. The Morgan fingerprint density at radius 3 is 1.96 bits per heavy atom. The van der Waals surface area contributed by atoms with E-state index >= 15 is 0 Å². The molecule has 5 rings (SSSR count). The average Bonchev–Trinajstić information content (AvgIpc) is 3.22. The van der Waals surface area contributed by atoms with Gasteiger partial charge in [-0.1, -0.05) is 12.1 Å². The molecule has 130 valence electrons. The molecular weight excluding hydrogens is 347 g/mol. The molecule has 7 heteroatoms. The van der Waals surface area contributed by atoms with Gasteiger partial charge in [0.1, 0.15) is 16.9 Å². The van der Waals surface area contributed by atoms with Gasteiger partial charge in [-0.15, -0.1) is 10.2 Å². The van der Waals surface area contributed by atoms with Gasteiger partial charge in [-0.25, -0.2) is 9.29 Å². The minimum absolute atomic E-state index is 0.344. The van der Waals surface area contributed by atoms with Crippen LogP contribution in [0.5, 0.6) is 0 Å². The molecule has 1 aromatic heterocycles. The Labute approximate surface area is 152 Å². The van der Waals surface area contributed by atoms with Crippen molar-refractivity contribution in [2.45, 2.75) is 0 Å². The first-order valence-corrected chi connectivity index (χ1v) is 8.23. The van der Waals surface area contributed by atoms with E-state index in [1.54, 1.807) is 54.6 Å². The van der Waals surface area contributed by atoms with Crippen LogP contribution in [0, 0.1) is 5.82 Å². The van der Waals surface area contributed by atoms with E-state index in [1.807, 2.05) is 0 Å². The summed E-state index contributed by atoms with van der Waals surface area (Å²) in [6.45, 7) is 0. The summed E-state index contributed by atoms with van der Waals surface area (Å²) in [5.74, 6) is -1.06. The third-order valence-electron chi connectivity index (χ3n) is 4.47. The van der Waals surface area contributed by atoms with E-state index in [0.29, 0.717) is 33.5 Å². The highest BCUT2D eigenvalue weighted by Gasteiger charge is 2.36. The van der Waals surface area contributed by atoms with E-state index in [1.165, 1.54) is 16.9 Å². The van der Waals surface area contributed by atoms with Gasteiger partial charge in [0.2, 0.25) is 0 Å². The second-order valence-corrected chi connectivity index (χ2v) is 6.13. The van der Waals surface area contributed by atoms with Crippen LogP contribution in [-0.2, 0) is 0 Å². The van der Waals surface area contributed by atoms with Crippen molar-refractivity contribution in [3.8, 4) is 5.69 Å². The normalized spacial score (nSPS) is 13.4. The number of rotatable bonds is 2. The van der Waals surface area contributed by atoms with Crippen molar-refractivity contribution in [1.29, 1.82) is 0 Å². The zero-order valence-corrected chi connectivity index (χ0v) is 13.8. The van der Waals surface area contributed by atoms with Crippen LogP contribution in [0.15, 0.2) is 66.7 Å². The highest BCUT2D eigenvalue weighted by atomic mass is 19.1. The predicted octanol–water partition coefficient (Wildman–Crippen LogP) is 3.36. The number of carbonyl (C=O) groups excluding carboxylic acids is 2. The summed E-state index contributed by atoms with van der Waals surface area (Å²) in [6.07, 6.45) is 0. The Balaban J connectivity index is 1.57. The number of hydrogen-bond donors (Lipinski definition) is 0. The van der Waals surface area contributed by atoms with Crippen molar-refractivity contribution in [2.75, 3.05) is 4.90 Å². The number of amides is 2. The molecular formula is C20H11FN4O2. The number of hydrogen-bond acceptors (Lipinski definition) is 4. The summed E-state index contributed by atoms with van der Waals surface area (Å²) in [6, 6.07) is 17.5. The molecule has 0 fully saturated rings. The van der Waals surface area contributed by atoms with Gasteiger partial charge in [0.15, 0.2) is 0 Å².